The average molecular weight is 186 g/mol. The Morgan fingerprint density at radius 1 is 1.21 bits per heavy atom. The number of nitrogens with zero attached hydrogens (tertiary/aromatic N) is 2. The minimum Gasteiger partial charge on any atom is -0.369 e. The van der Waals surface area contributed by atoms with Gasteiger partial charge < -0.3 is 4.90 Å². The molecule has 2 heteroatoms. The second-order valence-electron chi connectivity index (χ2n) is 3.35. The first-order chi connectivity index (χ1) is 6.66. The molecule has 0 heterocycles. The molecule has 0 aromatic heterocycles. The van der Waals surface area contributed by atoms with Gasteiger partial charge in [-0.15, -0.1) is 0 Å². The molecule has 0 spiro atoms. The van der Waals surface area contributed by atoms with Crippen LogP contribution in [-0.4, -0.2) is 19.0 Å². The summed E-state index contributed by atoms with van der Waals surface area (Å²) in [5, 5.41) is 8.98. The van der Waals surface area contributed by atoms with Gasteiger partial charge in [0.05, 0.1) is 0 Å². The molecule has 0 N–H and O–H groups in total. The fraction of sp³-hybridized carbons (Fsp3) is 0.250. The van der Waals surface area contributed by atoms with E-state index in [1.165, 1.54) is 0 Å². The Morgan fingerprint density at radius 3 is 2.21 bits per heavy atom. The predicted molar refractivity (Wildman–Crippen MR) is 58.3 cm³/mol. The summed E-state index contributed by atoms with van der Waals surface area (Å²) < 4.78 is 0. The van der Waals surface area contributed by atoms with Crippen molar-refractivity contribution < 1.29 is 0 Å². The highest BCUT2D eigenvalue weighted by atomic mass is 15.1. The summed E-state index contributed by atoms with van der Waals surface area (Å²) in [6, 6.07) is 12.1. The second-order valence-corrected chi connectivity index (χ2v) is 3.35. The van der Waals surface area contributed by atoms with Gasteiger partial charge in [-0.3, -0.25) is 0 Å². The number of allylic oxidation sites excluding steroid dienone is 2. The highest BCUT2D eigenvalue weighted by molar-refractivity contribution is 5.69. The Bertz CT molecular complexity index is 369. The minimum absolute atomic E-state index is 0.705. The Hall–Kier alpha value is -1.75. The van der Waals surface area contributed by atoms with E-state index in [0.717, 1.165) is 11.1 Å². The Balaban J connectivity index is 3.17. The van der Waals surface area contributed by atoms with E-state index in [4.69, 9.17) is 5.26 Å². The van der Waals surface area contributed by atoms with Crippen molar-refractivity contribution in [3.63, 3.8) is 0 Å². The molecule has 0 saturated carbocycles. The molecule has 1 rings (SSSR count). The molecule has 0 aliphatic rings. The molecule has 1 aromatic rings. The van der Waals surface area contributed by atoms with Gasteiger partial charge >= 0.3 is 0 Å². The topological polar surface area (TPSA) is 27.0 Å². The summed E-state index contributed by atoms with van der Waals surface area (Å²) in [5.41, 5.74) is 2.81. The van der Waals surface area contributed by atoms with Gasteiger partial charge in [0.15, 0.2) is 0 Å². The van der Waals surface area contributed by atoms with Crippen LogP contribution in [-0.2, 0) is 0 Å². The third kappa shape index (κ3) is 2.14. The molecule has 0 amide bonds. The van der Waals surface area contributed by atoms with Crippen LogP contribution in [0, 0.1) is 11.3 Å². The third-order valence-electron chi connectivity index (χ3n) is 2.12. The molecule has 72 valence electrons. The van der Waals surface area contributed by atoms with Crippen molar-refractivity contribution in [2.24, 2.45) is 0 Å². The van der Waals surface area contributed by atoms with Crippen LogP contribution in [0.4, 0.5) is 0 Å². The van der Waals surface area contributed by atoms with Crippen LogP contribution < -0.4 is 0 Å². The van der Waals surface area contributed by atoms with Crippen LogP contribution in [0.15, 0.2) is 36.0 Å². The van der Waals surface area contributed by atoms with Crippen molar-refractivity contribution >= 4 is 5.57 Å². The van der Waals surface area contributed by atoms with Crippen LogP contribution in [0.1, 0.15) is 12.5 Å². The van der Waals surface area contributed by atoms with E-state index in [-0.39, 0.29) is 0 Å². The Morgan fingerprint density at radius 2 is 1.79 bits per heavy atom. The molecule has 14 heavy (non-hydrogen) atoms. The van der Waals surface area contributed by atoms with Crippen molar-refractivity contribution in [2.75, 3.05) is 14.1 Å². The van der Waals surface area contributed by atoms with Crippen LogP contribution in [0.3, 0.4) is 0 Å². The third-order valence-corrected chi connectivity index (χ3v) is 2.12. The zero-order valence-electron chi connectivity index (χ0n) is 8.78. The fourth-order valence-electron chi connectivity index (χ4n) is 1.34. The number of hydrogen-bond donors (Lipinski definition) is 0. The standard InChI is InChI=1S/C12H14N2/c1-10(12(9-13)14(2)3)11-7-5-4-6-8-11/h4-8H,1-3H3/b12-10+. The van der Waals surface area contributed by atoms with Crippen LogP contribution in [0.2, 0.25) is 0 Å². The van der Waals surface area contributed by atoms with Gasteiger partial charge in [0.1, 0.15) is 11.8 Å². The molecule has 0 atom stereocenters. The molecule has 0 aliphatic heterocycles. The highest BCUT2D eigenvalue weighted by Gasteiger charge is 2.05. The van der Waals surface area contributed by atoms with E-state index in [1.807, 2.05) is 56.3 Å². The van der Waals surface area contributed by atoms with Gasteiger partial charge in [0.25, 0.3) is 0 Å². The van der Waals surface area contributed by atoms with E-state index in [9.17, 15) is 0 Å². The Labute approximate surface area is 85.1 Å². The molecule has 0 fully saturated rings. The van der Waals surface area contributed by atoms with E-state index in [1.54, 1.807) is 0 Å². The van der Waals surface area contributed by atoms with E-state index in [2.05, 4.69) is 6.07 Å². The maximum absolute atomic E-state index is 8.98. The average Bonchev–Trinajstić information content (AvgIpc) is 2.19. The lowest BCUT2D eigenvalue weighted by molar-refractivity contribution is 0.535. The molecular weight excluding hydrogens is 172 g/mol. The van der Waals surface area contributed by atoms with Gasteiger partial charge in [-0.25, -0.2) is 0 Å². The molecule has 0 saturated heterocycles. The Kier molecular flexibility index (Phi) is 3.30. The first-order valence-corrected chi connectivity index (χ1v) is 4.50. The number of nitriles is 1. The number of rotatable bonds is 2. The smallest absolute Gasteiger partial charge is 0.119 e. The first kappa shape index (κ1) is 10.3. The summed E-state index contributed by atoms with van der Waals surface area (Å²) in [4.78, 5) is 1.84. The van der Waals surface area contributed by atoms with Crippen LogP contribution in [0.25, 0.3) is 5.57 Å². The van der Waals surface area contributed by atoms with Gasteiger partial charge in [-0.1, -0.05) is 30.3 Å². The van der Waals surface area contributed by atoms with E-state index in [0.29, 0.717) is 5.70 Å². The van der Waals surface area contributed by atoms with Gasteiger partial charge in [0.2, 0.25) is 0 Å². The maximum atomic E-state index is 8.98. The number of hydrogen-bond acceptors (Lipinski definition) is 2. The lowest BCUT2D eigenvalue weighted by Crippen LogP contribution is -2.11. The van der Waals surface area contributed by atoms with Gasteiger partial charge in [-0.05, 0) is 18.1 Å². The monoisotopic (exact) mass is 186 g/mol. The van der Waals surface area contributed by atoms with Gasteiger partial charge in [-0.2, -0.15) is 5.26 Å². The minimum atomic E-state index is 0.705. The van der Waals surface area contributed by atoms with Gasteiger partial charge in [0, 0.05) is 14.1 Å². The zero-order valence-corrected chi connectivity index (χ0v) is 8.78. The SMILES string of the molecule is C/C(=C(/C#N)N(C)C)c1ccccc1. The summed E-state index contributed by atoms with van der Waals surface area (Å²) in [7, 11) is 3.76. The molecule has 0 radical (unpaired) electrons. The summed E-state index contributed by atoms with van der Waals surface area (Å²) in [6.45, 7) is 1.97. The predicted octanol–water partition coefficient (Wildman–Crippen LogP) is 2.50. The maximum Gasteiger partial charge on any atom is 0.119 e. The molecule has 0 aliphatic carbocycles. The van der Waals surface area contributed by atoms with Crippen molar-refractivity contribution in [3.8, 4) is 6.07 Å². The van der Waals surface area contributed by atoms with Crippen LogP contribution >= 0.6 is 0 Å². The highest BCUT2D eigenvalue weighted by Crippen LogP contribution is 2.18. The van der Waals surface area contributed by atoms with Crippen LogP contribution in [0.5, 0.6) is 0 Å². The van der Waals surface area contributed by atoms with Crippen molar-refractivity contribution in [2.45, 2.75) is 6.92 Å². The first-order valence-electron chi connectivity index (χ1n) is 4.50. The molecular formula is C12H14N2. The molecule has 0 bridgehead atoms. The lowest BCUT2D eigenvalue weighted by Gasteiger charge is -2.13. The number of benzene rings is 1. The second kappa shape index (κ2) is 4.48. The van der Waals surface area contributed by atoms with Crippen molar-refractivity contribution in [1.82, 2.24) is 4.90 Å². The van der Waals surface area contributed by atoms with E-state index < -0.39 is 0 Å². The normalized spacial score (nSPS) is 11.6. The molecule has 0 unspecified atom stereocenters. The zero-order chi connectivity index (χ0) is 10.6. The van der Waals surface area contributed by atoms with Crippen molar-refractivity contribution in [1.29, 1.82) is 5.26 Å². The summed E-state index contributed by atoms with van der Waals surface area (Å²) >= 11 is 0. The fourth-order valence-corrected chi connectivity index (χ4v) is 1.34. The lowest BCUT2D eigenvalue weighted by atomic mass is 10.1. The molecule has 2 nitrogen and oxygen atoms in total. The van der Waals surface area contributed by atoms with Crippen molar-refractivity contribution in [3.05, 3.63) is 41.6 Å². The summed E-state index contributed by atoms with van der Waals surface area (Å²) in [6.07, 6.45) is 0. The largest absolute Gasteiger partial charge is 0.369 e. The molecule has 1 aromatic carbocycles. The van der Waals surface area contributed by atoms with E-state index >= 15 is 0 Å². The summed E-state index contributed by atoms with van der Waals surface area (Å²) in [5.74, 6) is 0. The quantitative estimate of drug-likeness (QED) is 0.663.